The van der Waals surface area contributed by atoms with Gasteiger partial charge in [0.05, 0.1) is 0 Å². The summed E-state index contributed by atoms with van der Waals surface area (Å²) in [7, 11) is 0. The summed E-state index contributed by atoms with van der Waals surface area (Å²) in [5, 5.41) is 0. The molecule has 3 rings (SSSR count). The molecule has 3 nitrogen and oxygen atoms in total. The first-order valence-corrected chi connectivity index (χ1v) is 9.17. The highest BCUT2D eigenvalue weighted by molar-refractivity contribution is 5.48. The monoisotopic (exact) mass is 313 g/mol. The Morgan fingerprint density at radius 1 is 1.13 bits per heavy atom. The van der Waals surface area contributed by atoms with Gasteiger partial charge in [0, 0.05) is 18.6 Å². The molecule has 0 radical (unpaired) electrons. The predicted octanol–water partition coefficient (Wildman–Crippen LogP) is 3.30. The molecule has 1 aromatic carbocycles. The average molecular weight is 313 g/mol. The van der Waals surface area contributed by atoms with Crippen LogP contribution in [0.2, 0.25) is 0 Å². The van der Waals surface area contributed by atoms with Crippen LogP contribution >= 0.6 is 0 Å². The molecule has 2 saturated heterocycles. The van der Waals surface area contributed by atoms with E-state index in [9.17, 15) is 0 Å². The Labute approximate surface area is 141 Å². The first kappa shape index (κ1) is 16.7. The van der Waals surface area contributed by atoms with Crippen LogP contribution in [0.15, 0.2) is 36.4 Å². The Balaban J connectivity index is 1.40. The van der Waals surface area contributed by atoms with Crippen molar-refractivity contribution in [2.75, 3.05) is 19.6 Å². The molecule has 0 saturated carbocycles. The maximum absolute atomic E-state index is 3.55. The van der Waals surface area contributed by atoms with Crippen molar-refractivity contribution in [1.82, 2.24) is 15.8 Å². The number of nitrogens with zero attached hydrogens (tertiary/aromatic N) is 1. The normalized spacial score (nSPS) is 27.3. The minimum Gasteiger partial charge on any atom is -0.300 e. The molecule has 23 heavy (non-hydrogen) atoms. The van der Waals surface area contributed by atoms with Crippen LogP contribution in [0.3, 0.4) is 0 Å². The van der Waals surface area contributed by atoms with E-state index < -0.39 is 0 Å². The lowest BCUT2D eigenvalue weighted by atomic mass is 9.86. The van der Waals surface area contributed by atoms with E-state index in [0.29, 0.717) is 12.1 Å². The fourth-order valence-corrected chi connectivity index (χ4v) is 3.79. The predicted molar refractivity (Wildman–Crippen MR) is 97.9 cm³/mol. The molecule has 2 fully saturated rings. The van der Waals surface area contributed by atoms with Gasteiger partial charge in [0.25, 0.3) is 0 Å². The fraction of sp³-hybridized carbons (Fsp3) is 0.600. The molecule has 0 aliphatic carbocycles. The SMILES string of the molecule is CC(C)C1CC(C2CCN(C/C=C/c3ccccc3)CC2)NN1. The Morgan fingerprint density at radius 3 is 2.52 bits per heavy atom. The summed E-state index contributed by atoms with van der Waals surface area (Å²) in [5.41, 5.74) is 8.34. The van der Waals surface area contributed by atoms with E-state index in [1.54, 1.807) is 0 Å². The molecule has 0 spiro atoms. The molecule has 2 heterocycles. The third-order valence-electron chi connectivity index (χ3n) is 5.44. The number of hydrogen-bond acceptors (Lipinski definition) is 3. The van der Waals surface area contributed by atoms with Gasteiger partial charge in [-0.15, -0.1) is 0 Å². The number of benzene rings is 1. The molecule has 3 heteroatoms. The van der Waals surface area contributed by atoms with E-state index in [1.165, 1.54) is 37.9 Å². The molecule has 2 N–H and O–H groups in total. The molecule has 0 aromatic heterocycles. The van der Waals surface area contributed by atoms with Crippen LogP contribution in [0.1, 0.15) is 38.7 Å². The van der Waals surface area contributed by atoms with Crippen LogP contribution in [-0.4, -0.2) is 36.6 Å². The summed E-state index contributed by atoms with van der Waals surface area (Å²) >= 11 is 0. The summed E-state index contributed by atoms with van der Waals surface area (Å²) in [6, 6.07) is 11.9. The third-order valence-corrected chi connectivity index (χ3v) is 5.44. The molecule has 0 bridgehead atoms. The molecule has 1 aromatic rings. The zero-order chi connectivity index (χ0) is 16.1. The van der Waals surface area contributed by atoms with Crippen LogP contribution in [0, 0.1) is 11.8 Å². The molecule has 2 aliphatic heterocycles. The van der Waals surface area contributed by atoms with Crippen molar-refractivity contribution >= 4 is 6.08 Å². The molecular formula is C20H31N3. The van der Waals surface area contributed by atoms with Gasteiger partial charge in [-0.3, -0.25) is 15.8 Å². The highest BCUT2D eigenvalue weighted by atomic mass is 15.4. The number of hydrogen-bond donors (Lipinski definition) is 2. The second-order valence-electron chi connectivity index (χ2n) is 7.43. The first-order chi connectivity index (χ1) is 11.2. The lowest BCUT2D eigenvalue weighted by molar-refractivity contribution is 0.174. The number of rotatable bonds is 5. The molecule has 2 atom stereocenters. The minimum absolute atomic E-state index is 0.645. The van der Waals surface area contributed by atoms with E-state index in [0.717, 1.165) is 18.4 Å². The Bertz CT molecular complexity index is 489. The fourth-order valence-electron chi connectivity index (χ4n) is 3.79. The second kappa shape index (κ2) is 8.09. The highest BCUT2D eigenvalue weighted by Gasteiger charge is 2.33. The standard InChI is InChI=1S/C20H31N3/c1-16(2)19-15-20(22-21-19)18-10-13-23(14-11-18)12-6-9-17-7-4-3-5-8-17/h3-9,16,18-22H,10-15H2,1-2H3/b9-6+. The van der Waals surface area contributed by atoms with Crippen molar-refractivity contribution in [2.45, 2.75) is 45.2 Å². The van der Waals surface area contributed by atoms with Gasteiger partial charge in [-0.1, -0.05) is 56.3 Å². The Hall–Kier alpha value is -1.16. The lowest BCUT2D eigenvalue weighted by Gasteiger charge is -2.34. The summed E-state index contributed by atoms with van der Waals surface area (Å²) in [6.45, 7) is 8.15. The number of hydrazine groups is 1. The van der Waals surface area contributed by atoms with Crippen molar-refractivity contribution < 1.29 is 0 Å². The van der Waals surface area contributed by atoms with Gasteiger partial charge < -0.3 is 0 Å². The van der Waals surface area contributed by atoms with Gasteiger partial charge in [-0.25, -0.2) is 0 Å². The third kappa shape index (κ3) is 4.66. The van der Waals surface area contributed by atoms with E-state index in [-0.39, 0.29) is 0 Å². The number of likely N-dealkylation sites (tertiary alicyclic amines) is 1. The second-order valence-corrected chi connectivity index (χ2v) is 7.43. The molecule has 2 aliphatic rings. The van der Waals surface area contributed by atoms with Crippen molar-refractivity contribution in [3.05, 3.63) is 42.0 Å². The highest BCUT2D eigenvalue weighted by Crippen LogP contribution is 2.26. The van der Waals surface area contributed by atoms with Crippen LogP contribution < -0.4 is 10.9 Å². The zero-order valence-corrected chi connectivity index (χ0v) is 14.5. The van der Waals surface area contributed by atoms with Crippen LogP contribution in [0.5, 0.6) is 0 Å². The maximum Gasteiger partial charge on any atom is 0.0257 e. The van der Waals surface area contributed by atoms with Gasteiger partial charge >= 0.3 is 0 Å². The molecule has 126 valence electrons. The summed E-state index contributed by atoms with van der Waals surface area (Å²) in [4.78, 5) is 2.58. The molecule has 2 unspecified atom stereocenters. The van der Waals surface area contributed by atoms with Crippen molar-refractivity contribution in [3.8, 4) is 0 Å². The topological polar surface area (TPSA) is 27.3 Å². The van der Waals surface area contributed by atoms with Gasteiger partial charge in [-0.2, -0.15) is 0 Å². The summed E-state index contributed by atoms with van der Waals surface area (Å²) in [6.07, 6.45) is 8.48. The molecular weight excluding hydrogens is 282 g/mol. The zero-order valence-electron chi connectivity index (χ0n) is 14.5. The van der Waals surface area contributed by atoms with E-state index in [1.807, 2.05) is 0 Å². The van der Waals surface area contributed by atoms with Gasteiger partial charge in [0.1, 0.15) is 0 Å². The van der Waals surface area contributed by atoms with E-state index >= 15 is 0 Å². The van der Waals surface area contributed by atoms with Gasteiger partial charge in [0.2, 0.25) is 0 Å². The smallest absolute Gasteiger partial charge is 0.0257 e. The lowest BCUT2D eigenvalue weighted by Crippen LogP contribution is -2.43. The maximum atomic E-state index is 3.55. The Kier molecular flexibility index (Phi) is 5.87. The number of piperidine rings is 1. The first-order valence-electron chi connectivity index (χ1n) is 9.17. The minimum atomic E-state index is 0.645. The van der Waals surface area contributed by atoms with Crippen molar-refractivity contribution in [2.24, 2.45) is 11.8 Å². The van der Waals surface area contributed by atoms with Crippen LogP contribution in [0.25, 0.3) is 6.08 Å². The summed E-state index contributed by atoms with van der Waals surface area (Å²) in [5.74, 6) is 1.55. The van der Waals surface area contributed by atoms with Crippen LogP contribution in [-0.2, 0) is 0 Å². The van der Waals surface area contributed by atoms with E-state index in [2.05, 4.69) is 72.1 Å². The average Bonchev–Trinajstić information content (AvgIpc) is 3.07. The quantitative estimate of drug-likeness (QED) is 0.873. The van der Waals surface area contributed by atoms with E-state index in [4.69, 9.17) is 0 Å². The number of nitrogens with one attached hydrogen (secondary N) is 2. The van der Waals surface area contributed by atoms with Crippen LogP contribution in [0.4, 0.5) is 0 Å². The van der Waals surface area contributed by atoms with Crippen molar-refractivity contribution in [1.29, 1.82) is 0 Å². The van der Waals surface area contributed by atoms with Crippen molar-refractivity contribution in [3.63, 3.8) is 0 Å². The van der Waals surface area contributed by atoms with Gasteiger partial charge in [0.15, 0.2) is 0 Å². The van der Waals surface area contributed by atoms with Gasteiger partial charge in [-0.05, 0) is 49.8 Å². The summed E-state index contributed by atoms with van der Waals surface area (Å²) < 4.78 is 0. The molecule has 0 amide bonds. The largest absolute Gasteiger partial charge is 0.300 e. The Morgan fingerprint density at radius 2 is 1.87 bits per heavy atom.